The van der Waals surface area contributed by atoms with Crippen molar-refractivity contribution in [1.29, 1.82) is 0 Å². The zero-order chi connectivity index (χ0) is 30.5. The highest BCUT2D eigenvalue weighted by atomic mass is 16.5. The Morgan fingerprint density at radius 2 is 1.86 bits per heavy atom. The normalized spacial score (nSPS) is 18.2. The predicted molar refractivity (Wildman–Crippen MR) is 166 cm³/mol. The average Bonchev–Trinajstić information content (AvgIpc) is 3.19. The van der Waals surface area contributed by atoms with Crippen molar-refractivity contribution in [3.63, 3.8) is 0 Å². The molecule has 2 aromatic rings. The number of allylic oxidation sites excluding steroid dienone is 5. The van der Waals surface area contributed by atoms with Crippen molar-refractivity contribution in [3.8, 4) is 0 Å². The number of rotatable bonds is 8. The lowest BCUT2D eigenvalue weighted by atomic mass is 9.82. The smallest absolute Gasteiger partial charge is 0.335 e. The molecule has 0 bridgehead atoms. The monoisotopic (exact) mass is 587 g/mol. The first kappa shape index (κ1) is 30.4. The number of carbonyl (C=O) groups is 3. The van der Waals surface area contributed by atoms with Gasteiger partial charge in [-0.1, -0.05) is 31.4 Å². The van der Waals surface area contributed by atoms with Crippen LogP contribution in [0, 0.1) is 0 Å². The lowest BCUT2D eigenvalue weighted by Gasteiger charge is -2.29. The van der Waals surface area contributed by atoms with Gasteiger partial charge in [0.2, 0.25) is 5.91 Å². The van der Waals surface area contributed by atoms with Crippen LogP contribution in [0.5, 0.6) is 0 Å². The minimum absolute atomic E-state index is 0.0390. The van der Waals surface area contributed by atoms with Gasteiger partial charge in [0.15, 0.2) is 0 Å². The average molecular weight is 588 g/mol. The number of benzene rings is 1. The molecule has 2 amide bonds. The molecule has 9 nitrogen and oxygen atoms in total. The maximum atomic E-state index is 14.0. The van der Waals surface area contributed by atoms with Crippen LogP contribution in [0.4, 0.5) is 0 Å². The minimum Gasteiger partial charge on any atom is -0.497 e. The maximum Gasteiger partial charge on any atom is 0.335 e. The van der Waals surface area contributed by atoms with Crippen molar-refractivity contribution < 1.29 is 29.0 Å². The van der Waals surface area contributed by atoms with Gasteiger partial charge in [0, 0.05) is 42.3 Å². The van der Waals surface area contributed by atoms with Gasteiger partial charge in [-0.25, -0.2) is 4.79 Å². The summed E-state index contributed by atoms with van der Waals surface area (Å²) < 4.78 is 13.1. The Morgan fingerprint density at radius 1 is 1.12 bits per heavy atom. The first-order valence-electron chi connectivity index (χ1n) is 15.1. The van der Waals surface area contributed by atoms with Gasteiger partial charge < -0.3 is 28.9 Å². The van der Waals surface area contributed by atoms with Crippen LogP contribution in [0.3, 0.4) is 0 Å². The van der Waals surface area contributed by atoms with E-state index in [9.17, 15) is 19.5 Å². The van der Waals surface area contributed by atoms with Crippen LogP contribution in [-0.2, 0) is 25.6 Å². The molecule has 0 atom stereocenters. The van der Waals surface area contributed by atoms with Crippen molar-refractivity contribution >= 4 is 34.8 Å². The first-order valence-corrected chi connectivity index (χ1v) is 15.1. The van der Waals surface area contributed by atoms with E-state index in [2.05, 4.69) is 10.6 Å². The van der Waals surface area contributed by atoms with Gasteiger partial charge in [-0.05, 0) is 73.3 Å². The first-order chi connectivity index (χ1) is 20.8. The molecule has 0 unspecified atom stereocenters. The van der Waals surface area contributed by atoms with E-state index >= 15 is 0 Å². The fourth-order valence-electron chi connectivity index (χ4n) is 6.44. The SMILES string of the molecule is C/C=C\C(=C/C1=Cc2c(C3CCCCC3)c3ccc(C(=O)O)cc3n2CC(C(=O)N(C)CC(=O)N2CCOCC2)=C1)OC. The number of hydrogen-bond donors (Lipinski definition) is 1. The number of fused-ring (bicyclic) bond motifs is 3. The Balaban J connectivity index is 1.62. The third kappa shape index (κ3) is 6.62. The molecule has 43 heavy (non-hydrogen) atoms. The molecule has 0 radical (unpaired) electrons. The summed E-state index contributed by atoms with van der Waals surface area (Å²) in [6, 6.07) is 5.31. The fraction of sp³-hybridized carbons (Fsp3) is 0.441. The van der Waals surface area contributed by atoms with Crippen LogP contribution in [0.1, 0.15) is 66.6 Å². The largest absolute Gasteiger partial charge is 0.497 e. The van der Waals surface area contributed by atoms with Gasteiger partial charge in [-0.2, -0.15) is 0 Å². The van der Waals surface area contributed by atoms with Gasteiger partial charge >= 0.3 is 5.97 Å². The number of carboxylic acids is 1. The number of aromatic nitrogens is 1. The summed E-state index contributed by atoms with van der Waals surface area (Å²) in [5, 5.41) is 10.8. The number of carbonyl (C=O) groups excluding carboxylic acids is 2. The quantitative estimate of drug-likeness (QED) is 0.339. The second-order valence-electron chi connectivity index (χ2n) is 11.5. The van der Waals surface area contributed by atoms with Gasteiger partial charge in [0.1, 0.15) is 5.76 Å². The number of hydrogen-bond acceptors (Lipinski definition) is 5. The van der Waals surface area contributed by atoms with E-state index in [0.717, 1.165) is 47.9 Å². The van der Waals surface area contributed by atoms with Gasteiger partial charge in [-0.3, -0.25) is 9.59 Å². The van der Waals surface area contributed by atoms with Crippen LogP contribution in [0.25, 0.3) is 17.0 Å². The molecule has 1 saturated heterocycles. The number of likely N-dealkylation sites (N-methyl/N-ethyl adjacent to an activating group) is 1. The van der Waals surface area contributed by atoms with Crippen molar-refractivity contribution in [2.24, 2.45) is 0 Å². The third-order valence-electron chi connectivity index (χ3n) is 8.61. The van der Waals surface area contributed by atoms with E-state index < -0.39 is 5.97 Å². The van der Waals surface area contributed by atoms with Crippen molar-refractivity contribution in [1.82, 2.24) is 14.4 Å². The summed E-state index contributed by atoms with van der Waals surface area (Å²) in [5.41, 5.74) is 4.49. The van der Waals surface area contributed by atoms with Crippen molar-refractivity contribution in [3.05, 3.63) is 76.2 Å². The summed E-state index contributed by atoms with van der Waals surface area (Å²) in [6.07, 6.45) is 15.3. The summed E-state index contributed by atoms with van der Waals surface area (Å²) in [5.74, 6) is -0.378. The number of nitrogens with zero attached hydrogens (tertiary/aromatic N) is 3. The Morgan fingerprint density at radius 3 is 2.53 bits per heavy atom. The molecule has 9 heteroatoms. The molecule has 1 aromatic carbocycles. The number of ether oxygens (including phenoxy) is 2. The molecule has 1 N–H and O–H groups in total. The van der Waals surface area contributed by atoms with Crippen molar-refractivity contribution in [2.75, 3.05) is 47.0 Å². The maximum absolute atomic E-state index is 14.0. The summed E-state index contributed by atoms with van der Waals surface area (Å²) >= 11 is 0. The number of morpholine rings is 1. The molecule has 2 fully saturated rings. The highest BCUT2D eigenvalue weighted by Gasteiger charge is 2.29. The Hall–Kier alpha value is -4.11. The lowest BCUT2D eigenvalue weighted by Crippen LogP contribution is -2.46. The highest BCUT2D eigenvalue weighted by Crippen LogP contribution is 2.42. The molecule has 1 aliphatic carbocycles. The van der Waals surface area contributed by atoms with E-state index in [0.29, 0.717) is 43.6 Å². The molecule has 5 rings (SSSR count). The van der Waals surface area contributed by atoms with Crippen LogP contribution in [0.15, 0.2) is 59.4 Å². The second kappa shape index (κ2) is 13.5. The number of amides is 2. The Bertz CT molecular complexity index is 1520. The number of aromatic carboxylic acids is 1. The number of carboxylic acid groups (broad SMARTS) is 1. The van der Waals surface area contributed by atoms with E-state index in [1.54, 1.807) is 31.2 Å². The van der Waals surface area contributed by atoms with Gasteiger partial charge in [-0.15, -0.1) is 0 Å². The zero-order valence-electron chi connectivity index (χ0n) is 25.3. The predicted octanol–water partition coefficient (Wildman–Crippen LogP) is 5.13. The zero-order valence-corrected chi connectivity index (χ0v) is 25.3. The number of methoxy groups -OCH3 is 1. The fourth-order valence-corrected chi connectivity index (χ4v) is 6.44. The summed E-state index contributed by atoms with van der Waals surface area (Å²) in [4.78, 5) is 42.2. The van der Waals surface area contributed by atoms with E-state index in [1.807, 2.05) is 37.3 Å². The third-order valence-corrected chi connectivity index (χ3v) is 8.61. The Kier molecular flexibility index (Phi) is 9.50. The molecule has 0 spiro atoms. The summed E-state index contributed by atoms with van der Waals surface area (Å²) in [7, 11) is 3.26. The van der Waals surface area contributed by atoms with Crippen LogP contribution < -0.4 is 0 Å². The topological polar surface area (TPSA) is 101 Å². The molecule has 3 heterocycles. The summed E-state index contributed by atoms with van der Waals surface area (Å²) in [6.45, 7) is 4.14. The lowest BCUT2D eigenvalue weighted by molar-refractivity contribution is -0.140. The minimum atomic E-state index is -0.992. The van der Waals surface area contributed by atoms with E-state index in [4.69, 9.17) is 9.47 Å². The molecule has 1 aromatic heterocycles. The van der Waals surface area contributed by atoms with E-state index in [1.165, 1.54) is 16.9 Å². The van der Waals surface area contributed by atoms with Crippen LogP contribution in [-0.4, -0.2) is 84.3 Å². The Labute approximate surface area is 252 Å². The molecular weight excluding hydrogens is 546 g/mol. The molecule has 1 saturated carbocycles. The highest BCUT2D eigenvalue weighted by molar-refractivity contribution is 5.99. The van der Waals surface area contributed by atoms with Crippen LogP contribution in [0.2, 0.25) is 0 Å². The van der Waals surface area contributed by atoms with Gasteiger partial charge in [0.25, 0.3) is 5.91 Å². The van der Waals surface area contributed by atoms with Gasteiger partial charge in [0.05, 0.1) is 39.0 Å². The van der Waals surface area contributed by atoms with E-state index in [-0.39, 0.29) is 30.5 Å². The second-order valence-corrected chi connectivity index (χ2v) is 11.5. The standard InChI is InChI=1S/C34H41N3O6/c1-4-8-27(42-3)18-23-17-26(33(39)35(2)22-31(38)36-13-15-43-16-14-36)21-37-29-20-25(34(40)41)11-12-28(29)32(30(37)19-23)24-9-6-5-7-10-24/h4,8,11-12,17-20,24H,5-7,9-10,13-16,21-22H2,1-3H3,(H,40,41)/b8-4-,27-18+. The molecule has 228 valence electrons. The van der Waals surface area contributed by atoms with Crippen LogP contribution >= 0.6 is 0 Å². The molecular formula is C34H41N3O6. The molecule has 2 aliphatic heterocycles. The molecule has 3 aliphatic rings. The van der Waals surface area contributed by atoms with Crippen molar-refractivity contribution in [2.45, 2.75) is 51.5 Å².